The van der Waals surface area contributed by atoms with Crippen molar-refractivity contribution in [2.75, 3.05) is 13.1 Å². The summed E-state index contributed by atoms with van der Waals surface area (Å²) in [5.41, 5.74) is 0.545. The summed E-state index contributed by atoms with van der Waals surface area (Å²) in [4.78, 5) is 13.9. The molecule has 110 valence electrons. The van der Waals surface area contributed by atoms with Crippen molar-refractivity contribution < 1.29 is 4.79 Å². The predicted molar refractivity (Wildman–Crippen MR) is 79.1 cm³/mol. The molecule has 2 fully saturated rings. The van der Waals surface area contributed by atoms with E-state index in [-0.39, 0.29) is 11.4 Å². The van der Waals surface area contributed by atoms with E-state index in [9.17, 15) is 4.79 Å². The van der Waals surface area contributed by atoms with Crippen molar-refractivity contribution >= 4 is 5.91 Å². The molecule has 0 bridgehead atoms. The lowest BCUT2D eigenvalue weighted by Gasteiger charge is -2.34. The van der Waals surface area contributed by atoms with E-state index in [1.165, 1.54) is 45.2 Å². The van der Waals surface area contributed by atoms with Gasteiger partial charge in [0.2, 0.25) is 5.91 Å². The molecule has 1 aliphatic carbocycles. The second-order valence-electron chi connectivity index (χ2n) is 7.55. The highest BCUT2D eigenvalue weighted by Crippen LogP contribution is 2.46. The molecule has 3 heteroatoms. The molecule has 1 amide bonds. The number of carbonyl (C=O) groups is 1. The molecule has 1 unspecified atom stereocenters. The van der Waals surface area contributed by atoms with Crippen molar-refractivity contribution in [2.24, 2.45) is 5.41 Å². The Morgan fingerprint density at radius 1 is 1.32 bits per heavy atom. The van der Waals surface area contributed by atoms with Crippen LogP contribution < -0.4 is 5.32 Å². The molecule has 19 heavy (non-hydrogen) atoms. The highest BCUT2D eigenvalue weighted by Gasteiger charge is 2.41. The Hall–Kier alpha value is -0.570. The lowest BCUT2D eigenvalue weighted by molar-refractivity contribution is -0.120. The van der Waals surface area contributed by atoms with Crippen LogP contribution in [0.4, 0.5) is 0 Å². The lowest BCUT2D eigenvalue weighted by Crippen LogP contribution is -2.47. The molecule has 1 spiro atoms. The second-order valence-corrected chi connectivity index (χ2v) is 7.55. The first-order chi connectivity index (χ1) is 8.82. The van der Waals surface area contributed by atoms with Crippen molar-refractivity contribution in [3.8, 4) is 0 Å². The zero-order chi connectivity index (χ0) is 14.1. The van der Waals surface area contributed by atoms with Crippen LogP contribution >= 0.6 is 0 Å². The maximum atomic E-state index is 11.2. The van der Waals surface area contributed by atoms with Crippen molar-refractivity contribution in [1.82, 2.24) is 10.2 Å². The van der Waals surface area contributed by atoms with Crippen molar-refractivity contribution in [3.05, 3.63) is 0 Å². The molecule has 1 atom stereocenters. The average Bonchev–Trinajstić information content (AvgIpc) is 2.87. The highest BCUT2D eigenvalue weighted by molar-refractivity contribution is 5.73. The standard InChI is InChI=1S/C16H30N2O/c1-13(11-15(3,4)17-14(2)19)18-10-9-16(12-18)7-5-6-8-16/h13H,5-12H2,1-4H3,(H,17,19). The Labute approximate surface area is 118 Å². The maximum absolute atomic E-state index is 11.2. The fraction of sp³-hybridized carbons (Fsp3) is 0.938. The number of hydrogen-bond acceptors (Lipinski definition) is 2. The van der Waals surface area contributed by atoms with Crippen LogP contribution in [0.25, 0.3) is 0 Å². The Balaban J connectivity index is 1.87. The fourth-order valence-electron chi connectivity index (χ4n) is 4.27. The zero-order valence-electron chi connectivity index (χ0n) is 13.1. The van der Waals surface area contributed by atoms with E-state index < -0.39 is 0 Å². The summed E-state index contributed by atoms with van der Waals surface area (Å²) in [5.74, 6) is 0.0749. The zero-order valence-corrected chi connectivity index (χ0v) is 13.1. The maximum Gasteiger partial charge on any atom is 0.217 e. The van der Waals surface area contributed by atoms with Crippen LogP contribution in [0.5, 0.6) is 0 Å². The van der Waals surface area contributed by atoms with Crippen LogP contribution in [0.1, 0.15) is 66.2 Å². The molecule has 1 N–H and O–H groups in total. The van der Waals surface area contributed by atoms with Gasteiger partial charge < -0.3 is 10.2 Å². The summed E-state index contributed by atoms with van der Waals surface area (Å²) in [7, 11) is 0. The van der Waals surface area contributed by atoms with E-state index in [2.05, 4.69) is 31.0 Å². The topological polar surface area (TPSA) is 32.3 Å². The molecule has 1 aliphatic heterocycles. The van der Waals surface area contributed by atoms with Gasteiger partial charge >= 0.3 is 0 Å². The van der Waals surface area contributed by atoms with Gasteiger partial charge in [-0.05, 0) is 58.4 Å². The van der Waals surface area contributed by atoms with Crippen LogP contribution in [-0.4, -0.2) is 35.5 Å². The summed E-state index contributed by atoms with van der Waals surface area (Å²) >= 11 is 0. The van der Waals surface area contributed by atoms with E-state index in [1.807, 2.05) is 0 Å². The van der Waals surface area contributed by atoms with Crippen LogP contribution in [0, 0.1) is 5.41 Å². The van der Waals surface area contributed by atoms with E-state index in [0.717, 1.165) is 6.42 Å². The van der Waals surface area contributed by atoms with Gasteiger partial charge in [0.1, 0.15) is 0 Å². The lowest BCUT2D eigenvalue weighted by atomic mass is 9.85. The molecule has 0 radical (unpaired) electrons. The van der Waals surface area contributed by atoms with Crippen LogP contribution in [0.3, 0.4) is 0 Å². The molecule has 1 saturated heterocycles. The van der Waals surface area contributed by atoms with E-state index in [4.69, 9.17) is 0 Å². The van der Waals surface area contributed by atoms with Gasteiger partial charge in [0.05, 0.1) is 0 Å². The number of hydrogen-bond donors (Lipinski definition) is 1. The SMILES string of the molecule is CC(=O)NC(C)(C)CC(C)N1CCC2(CCCC2)C1. The first kappa shape index (κ1) is 14.8. The normalized spacial score (nSPS) is 24.8. The van der Waals surface area contributed by atoms with Crippen LogP contribution in [0.2, 0.25) is 0 Å². The predicted octanol–water partition coefficient (Wildman–Crippen LogP) is 2.95. The number of likely N-dealkylation sites (tertiary alicyclic amines) is 1. The molecule has 2 rings (SSSR count). The number of nitrogens with zero attached hydrogens (tertiary/aromatic N) is 1. The van der Waals surface area contributed by atoms with Crippen molar-refractivity contribution in [2.45, 2.75) is 77.8 Å². The van der Waals surface area contributed by atoms with Gasteiger partial charge in [0.15, 0.2) is 0 Å². The fourth-order valence-corrected chi connectivity index (χ4v) is 4.27. The molecular formula is C16H30N2O. The first-order valence-corrected chi connectivity index (χ1v) is 7.85. The average molecular weight is 266 g/mol. The Bertz CT molecular complexity index is 332. The third kappa shape index (κ3) is 3.71. The van der Waals surface area contributed by atoms with Gasteiger partial charge in [-0.25, -0.2) is 0 Å². The van der Waals surface area contributed by atoms with Gasteiger partial charge in [-0.1, -0.05) is 12.8 Å². The smallest absolute Gasteiger partial charge is 0.217 e. The summed E-state index contributed by atoms with van der Waals surface area (Å²) in [6, 6.07) is 0.557. The first-order valence-electron chi connectivity index (χ1n) is 7.85. The molecule has 0 aromatic rings. The molecule has 1 heterocycles. The molecular weight excluding hydrogens is 236 g/mol. The Morgan fingerprint density at radius 2 is 1.95 bits per heavy atom. The Kier molecular flexibility index (Phi) is 4.24. The minimum atomic E-state index is -0.101. The van der Waals surface area contributed by atoms with Crippen LogP contribution in [0.15, 0.2) is 0 Å². The van der Waals surface area contributed by atoms with Crippen molar-refractivity contribution in [3.63, 3.8) is 0 Å². The van der Waals surface area contributed by atoms with E-state index in [1.54, 1.807) is 6.92 Å². The Morgan fingerprint density at radius 3 is 2.53 bits per heavy atom. The number of amides is 1. The van der Waals surface area contributed by atoms with Gasteiger partial charge in [-0.15, -0.1) is 0 Å². The monoisotopic (exact) mass is 266 g/mol. The largest absolute Gasteiger partial charge is 0.351 e. The third-order valence-corrected chi connectivity index (χ3v) is 5.08. The minimum Gasteiger partial charge on any atom is -0.351 e. The number of rotatable bonds is 4. The summed E-state index contributed by atoms with van der Waals surface area (Å²) in [6.45, 7) is 10.7. The number of carbonyl (C=O) groups excluding carboxylic acids is 1. The highest BCUT2D eigenvalue weighted by atomic mass is 16.1. The molecule has 1 saturated carbocycles. The van der Waals surface area contributed by atoms with E-state index in [0.29, 0.717) is 11.5 Å². The summed E-state index contributed by atoms with van der Waals surface area (Å²) in [6.07, 6.45) is 8.15. The third-order valence-electron chi connectivity index (χ3n) is 5.08. The van der Waals surface area contributed by atoms with Crippen LogP contribution in [-0.2, 0) is 4.79 Å². The molecule has 0 aromatic carbocycles. The van der Waals surface area contributed by atoms with Gasteiger partial charge in [0.25, 0.3) is 0 Å². The number of nitrogens with one attached hydrogen (secondary N) is 1. The summed E-state index contributed by atoms with van der Waals surface area (Å²) in [5, 5.41) is 3.07. The van der Waals surface area contributed by atoms with Crippen molar-refractivity contribution in [1.29, 1.82) is 0 Å². The molecule has 3 nitrogen and oxygen atoms in total. The minimum absolute atomic E-state index is 0.0749. The second kappa shape index (κ2) is 5.43. The summed E-state index contributed by atoms with van der Waals surface area (Å²) < 4.78 is 0. The van der Waals surface area contributed by atoms with Gasteiger partial charge in [0, 0.05) is 25.0 Å². The molecule has 2 aliphatic rings. The van der Waals surface area contributed by atoms with Gasteiger partial charge in [-0.2, -0.15) is 0 Å². The molecule has 0 aromatic heterocycles. The van der Waals surface area contributed by atoms with E-state index >= 15 is 0 Å². The quantitative estimate of drug-likeness (QED) is 0.848. The van der Waals surface area contributed by atoms with Gasteiger partial charge in [-0.3, -0.25) is 4.79 Å².